The molecule has 16 rings (SSSR count). The monoisotopic (exact) mass is 1710 g/mol. The third-order valence-electron chi connectivity index (χ3n) is 31.5. The van der Waals surface area contributed by atoms with Crippen LogP contribution in [0.15, 0.2) is 102 Å². The van der Waals surface area contributed by atoms with Gasteiger partial charge in [-0.2, -0.15) is 0 Å². The van der Waals surface area contributed by atoms with Crippen molar-refractivity contribution in [3.63, 3.8) is 0 Å². The van der Waals surface area contributed by atoms with E-state index in [0.717, 1.165) is 159 Å². The molecule has 8 aliphatic carbocycles. The average Bonchev–Trinajstić information content (AvgIpc) is 1.05. The zero-order valence-corrected chi connectivity index (χ0v) is 75.2. The van der Waals surface area contributed by atoms with Crippen LogP contribution in [0.3, 0.4) is 0 Å². The van der Waals surface area contributed by atoms with E-state index in [2.05, 4.69) is 110 Å². The molecule has 8 saturated heterocycles. The van der Waals surface area contributed by atoms with Crippen LogP contribution in [0.25, 0.3) is 0 Å². The molecule has 0 aromatic heterocycles. The molecule has 0 aromatic carbocycles. The largest absolute Gasteiger partial charge is 1.00 e. The van der Waals surface area contributed by atoms with Crippen molar-refractivity contribution < 1.29 is 136 Å². The second-order valence-corrected chi connectivity index (χ2v) is 38.5. The SMILES string of the molecule is C1CCOC1.C=C1CC[C@@H]2[C@](C)(CO)[C@H](O)CC[C@@]2(C)[C@@H]1C/C=C1/C(=O)OC[C@H]1O.C=C1CC[C@@H]2[C@]3(C)COCO[C@@H]3CC[C@@]2(C)[C@@H]1C/C=C1/C(=O)OCC1Br.C=C1CC[C@@H]2[C@]3(C)COCO[C@@H]3CC[C@@]2(C)[C@@H]1C/C=C1/C(=O)OCC1N(C=O)C=O.C=C1CC[C@@H]2[C@]3(C)COCO[C@@H]3CC[C@@]2(C)[C@@H]1C/C=C1/C(=O)OC[C@H]1O.CO.[CH-]=C.[Na+]. The number of hydrogen-bond acceptors (Lipinski definition) is 22. The van der Waals surface area contributed by atoms with Crippen molar-refractivity contribution in [3.8, 4) is 0 Å². The summed E-state index contributed by atoms with van der Waals surface area (Å²) in [6.45, 7) is 48.8. The summed E-state index contributed by atoms with van der Waals surface area (Å²) in [5, 5.41) is 47.4. The van der Waals surface area contributed by atoms with E-state index in [0.29, 0.717) is 118 Å². The number of rotatable bonds is 12. The summed E-state index contributed by atoms with van der Waals surface area (Å²) in [5.74, 6) is 1.30. The first kappa shape index (κ1) is 96.5. The summed E-state index contributed by atoms with van der Waals surface area (Å²) in [6.07, 6.45) is 28.7. The second kappa shape index (κ2) is 41.0. The first-order valence-electron chi connectivity index (χ1n) is 42.5. The smallest absolute Gasteiger partial charge is 0.521 e. The topological polar surface area (TPSA) is 308 Å². The van der Waals surface area contributed by atoms with Gasteiger partial charge in [-0.15, -0.1) is 0 Å². The van der Waals surface area contributed by atoms with Crippen LogP contribution in [0.2, 0.25) is 0 Å². The quantitative estimate of drug-likeness (QED) is 0.0177. The average molecular weight is 1710 g/mol. The molecular weight excluding hydrogens is 1570 g/mol. The first-order valence-corrected chi connectivity index (χ1v) is 43.4. The Hall–Kier alpha value is -4.32. The van der Waals surface area contributed by atoms with Crippen LogP contribution in [0.5, 0.6) is 0 Å². The summed E-state index contributed by atoms with van der Waals surface area (Å²) in [6, 6.07) is -0.652. The molecule has 648 valence electrons. The number of nitrogens with zero attached hydrogens (tertiary/aromatic N) is 1. The van der Waals surface area contributed by atoms with Gasteiger partial charge in [0.2, 0.25) is 12.8 Å². The fourth-order valence-corrected chi connectivity index (χ4v) is 25.6. The number of halogens is 1. The number of alkyl halides is 1. The maximum Gasteiger partial charge on any atom is 1.00 e. The van der Waals surface area contributed by atoms with Crippen LogP contribution in [0, 0.1) is 97.2 Å². The van der Waals surface area contributed by atoms with Crippen LogP contribution in [-0.4, -0.2) is 208 Å². The van der Waals surface area contributed by atoms with Crippen molar-refractivity contribution in [3.05, 3.63) is 108 Å². The van der Waals surface area contributed by atoms with E-state index >= 15 is 0 Å². The molecule has 23 nitrogen and oxygen atoms in total. The van der Waals surface area contributed by atoms with Gasteiger partial charge in [-0.25, -0.2) is 19.2 Å². The maximum absolute atomic E-state index is 12.3. The number of imide groups is 1. The van der Waals surface area contributed by atoms with E-state index in [1.165, 1.54) is 29.6 Å². The van der Waals surface area contributed by atoms with Crippen LogP contribution in [0.1, 0.15) is 197 Å². The number of fused-ring (bicyclic) bond motifs is 10. The Morgan fingerprint density at radius 2 is 0.761 bits per heavy atom. The van der Waals surface area contributed by atoms with Gasteiger partial charge in [-0.1, -0.05) is 144 Å². The van der Waals surface area contributed by atoms with Gasteiger partial charge < -0.3 is 84.2 Å². The van der Waals surface area contributed by atoms with Crippen molar-refractivity contribution >= 4 is 52.6 Å². The van der Waals surface area contributed by atoms with Gasteiger partial charge in [0, 0.05) is 42.0 Å². The predicted molar refractivity (Wildman–Crippen MR) is 439 cm³/mol. The van der Waals surface area contributed by atoms with E-state index < -0.39 is 41.7 Å². The molecule has 2 unspecified atom stereocenters. The third kappa shape index (κ3) is 19.3. The molecule has 24 atom stereocenters. The number of aliphatic hydroxyl groups excluding tert-OH is 5. The maximum atomic E-state index is 12.3. The molecule has 5 N–H and O–H groups in total. The fraction of sp³-hybridized carbons (Fsp3) is 0.739. The second-order valence-electron chi connectivity index (χ2n) is 37.4. The molecule has 8 heterocycles. The minimum Gasteiger partial charge on any atom is -0.521 e. The van der Waals surface area contributed by atoms with Crippen LogP contribution in [-0.2, 0) is 80.9 Å². The van der Waals surface area contributed by atoms with Crippen molar-refractivity contribution in [1.82, 2.24) is 4.90 Å². The van der Waals surface area contributed by atoms with E-state index in [1.54, 1.807) is 0 Å². The van der Waals surface area contributed by atoms with Crippen molar-refractivity contribution in [2.45, 2.75) is 244 Å². The van der Waals surface area contributed by atoms with Crippen molar-refractivity contribution in [2.24, 2.45) is 90.7 Å². The summed E-state index contributed by atoms with van der Waals surface area (Å²) < 4.78 is 60.2. The van der Waals surface area contributed by atoms with Gasteiger partial charge in [0.1, 0.15) is 65.1 Å². The Labute approximate surface area is 725 Å². The molecule has 16 aliphatic rings. The molecule has 0 radical (unpaired) electrons. The Kier molecular flexibility index (Phi) is 33.8. The number of cyclic esters (lactones) is 4. The molecule has 2 amide bonds. The first-order chi connectivity index (χ1) is 55.3. The molecule has 117 heavy (non-hydrogen) atoms. The fourth-order valence-electron chi connectivity index (χ4n) is 25.1. The molecule has 0 spiro atoms. The summed E-state index contributed by atoms with van der Waals surface area (Å²) in [7, 11) is 1.00. The third-order valence-corrected chi connectivity index (χ3v) is 32.3. The molecule has 16 fully saturated rings. The summed E-state index contributed by atoms with van der Waals surface area (Å²) in [5.41, 5.74) is 6.65. The van der Waals surface area contributed by atoms with Gasteiger partial charge in [0.25, 0.3) is 0 Å². The van der Waals surface area contributed by atoms with E-state index in [-0.39, 0.29) is 141 Å². The number of allylic oxidation sites excluding steroid dienone is 8. The Balaban J connectivity index is 0.000000172. The number of esters is 4. The Morgan fingerprint density at radius 1 is 0.444 bits per heavy atom. The summed E-state index contributed by atoms with van der Waals surface area (Å²) in [4.78, 5) is 71.2. The normalized spacial score (nSPS) is 42.9. The Bertz CT molecular complexity index is 3560. The van der Waals surface area contributed by atoms with Gasteiger partial charge >= 0.3 is 53.4 Å². The van der Waals surface area contributed by atoms with E-state index in [9.17, 15) is 49.2 Å². The number of aliphatic hydroxyl groups is 5. The number of amides is 2. The molecule has 8 aliphatic heterocycles. The van der Waals surface area contributed by atoms with Gasteiger partial charge in [-0.3, -0.25) is 21.1 Å². The standard InChI is InChI=1S/C23H31NO6.C21H29BrO4.C21H30O5.C20H30O5.C4H8O.C2H3.CH4O.Na/c1-15-4-7-19-22(2,9-8-20-23(19,3)11-28-14-30-20)17(15)6-5-16-18(10-29-21(16)27)24(12-25)13-26;2*1-13-4-7-17-20(2,9-8-18-21(17,3)11-24-12-26-18)15(13)6-5-14-16(22)10-25-19(14)23;1-12-4-7-16-19(2,9-8-17(23)20(16,3)11-21)14(12)6-5-13-15(22)10-25-18(13)24;1-2-4-5-3-1;2*1-2;/h5,12-13,17-20H,1,4,6-11,14H2,2-3H3;5,15-18H,1,4,6-12H2,2-3H3;5,15-18,22H,1,4,6-12H2,2-3H3;5,14-17,21-23H,1,4,6-11H2,2-3H3;1-4H2;1H,2H2;2H,1H3;/q;;;;;-1;;+1/b16-5+;2*14-5+;13-5+;;;;/t17-,18?,19+,20-,22+,23+;15-,16?,17+,18-,20+,21+;15-,16-,17+,18-,20+,21+;14-,15-,16+,17-,19+,20+;;;;/m1111..../s1. The zero-order valence-electron chi connectivity index (χ0n) is 71.6. The van der Waals surface area contributed by atoms with Crippen molar-refractivity contribution in [2.75, 3.05) is 93.6 Å². The molecule has 25 heteroatoms. The number of ether oxygens (including phenoxy) is 11. The van der Waals surface area contributed by atoms with Crippen LogP contribution >= 0.6 is 15.9 Å². The predicted octanol–water partition coefficient (Wildman–Crippen LogP) is 9.95. The molecule has 0 aromatic rings. The van der Waals surface area contributed by atoms with Crippen molar-refractivity contribution in [1.29, 1.82) is 0 Å². The van der Waals surface area contributed by atoms with E-state index in [4.69, 9.17) is 57.2 Å². The minimum atomic E-state index is -0.844. The van der Waals surface area contributed by atoms with Crippen LogP contribution < -0.4 is 29.6 Å². The van der Waals surface area contributed by atoms with Gasteiger partial charge in [0.15, 0.2) is 0 Å². The van der Waals surface area contributed by atoms with E-state index in [1.807, 2.05) is 25.2 Å². The number of carbonyl (C=O) groups is 6. The van der Waals surface area contributed by atoms with Gasteiger partial charge in [0.05, 0.1) is 78.0 Å². The Morgan fingerprint density at radius 3 is 1.09 bits per heavy atom. The van der Waals surface area contributed by atoms with Crippen LogP contribution in [0.4, 0.5) is 0 Å². The molecule has 8 saturated carbocycles. The number of hydrogen-bond donors (Lipinski definition) is 5. The number of carbonyl (C=O) groups excluding carboxylic acids is 6. The van der Waals surface area contributed by atoms with Gasteiger partial charge in [-0.05, 0) is 210 Å². The zero-order chi connectivity index (χ0) is 84.5. The molecule has 0 bridgehead atoms. The summed E-state index contributed by atoms with van der Waals surface area (Å²) >= 11 is 3.55. The minimum absolute atomic E-state index is 0. The molecular formula is C92H135BrNNaO22.